The molecule has 0 bridgehead atoms. The van der Waals surface area contributed by atoms with Gasteiger partial charge in [0.05, 0.1) is 24.7 Å². The summed E-state index contributed by atoms with van der Waals surface area (Å²) in [5.74, 6) is -0.398. The lowest BCUT2D eigenvalue weighted by Gasteiger charge is -2.12. The highest BCUT2D eigenvalue weighted by Crippen LogP contribution is 2.35. The number of methoxy groups -OCH3 is 1. The van der Waals surface area contributed by atoms with Gasteiger partial charge >= 0.3 is 5.97 Å². The van der Waals surface area contributed by atoms with Crippen molar-refractivity contribution < 1.29 is 23.9 Å². The van der Waals surface area contributed by atoms with Crippen LogP contribution < -0.4 is 9.47 Å². The molecule has 0 heterocycles. The molecule has 0 atom stereocenters. The van der Waals surface area contributed by atoms with Crippen LogP contribution in [0.2, 0.25) is 0 Å². The van der Waals surface area contributed by atoms with Gasteiger partial charge in [0.25, 0.3) is 5.69 Å². The maximum absolute atomic E-state index is 12.4. The monoisotopic (exact) mass is 409 g/mol. The Morgan fingerprint density at radius 3 is 2.56 bits per heavy atom. The summed E-state index contributed by atoms with van der Waals surface area (Å²) in [4.78, 5) is 23.0. The molecule has 7 nitrogen and oxygen atoms in total. The van der Waals surface area contributed by atoms with Gasteiger partial charge in [-0.25, -0.2) is 4.79 Å². The van der Waals surface area contributed by atoms with Crippen molar-refractivity contribution in [2.24, 2.45) is 0 Å². The fourth-order valence-corrected chi connectivity index (χ4v) is 2.53. The Labute approximate surface area is 152 Å². The molecule has 0 aliphatic heterocycles. The maximum atomic E-state index is 12.4. The summed E-state index contributed by atoms with van der Waals surface area (Å²) in [6.45, 7) is 2.05. The van der Waals surface area contributed by atoms with Crippen molar-refractivity contribution in [3.63, 3.8) is 0 Å². The number of ether oxygens (including phenoxy) is 3. The molecule has 2 rings (SSSR count). The van der Waals surface area contributed by atoms with Gasteiger partial charge in [-0.2, -0.15) is 0 Å². The topological polar surface area (TPSA) is 87.9 Å². The molecule has 2 aromatic rings. The Hall–Kier alpha value is -2.61. The number of hydrogen-bond donors (Lipinski definition) is 0. The first-order valence-corrected chi connectivity index (χ1v) is 8.17. The zero-order valence-electron chi connectivity index (χ0n) is 13.7. The minimum Gasteiger partial charge on any atom is -0.493 e. The lowest BCUT2D eigenvalue weighted by molar-refractivity contribution is -0.385. The van der Waals surface area contributed by atoms with E-state index in [0.29, 0.717) is 6.61 Å². The molecule has 2 aromatic carbocycles. The molecule has 0 unspecified atom stereocenters. The Bertz CT molecular complexity index is 793. The molecule has 0 spiro atoms. The molecule has 0 saturated carbocycles. The number of halogens is 1. The summed E-state index contributed by atoms with van der Waals surface area (Å²) in [6.07, 6.45) is 0. The summed E-state index contributed by atoms with van der Waals surface area (Å²) < 4.78 is 16.5. The third-order valence-corrected chi connectivity index (χ3v) is 4.09. The molecule has 8 heteroatoms. The SMILES string of the molecule is CCOc1cc(C(=O)OCc2ccccc2Br)c([N+](=O)[O-])cc1OC. The molecule has 0 amide bonds. The number of carbonyl (C=O) groups excluding carboxylic acids is 1. The summed E-state index contributed by atoms with van der Waals surface area (Å²) >= 11 is 3.36. The normalized spacial score (nSPS) is 10.2. The van der Waals surface area contributed by atoms with E-state index in [1.54, 1.807) is 19.1 Å². The smallest absolute Gasteiger partial charge is 0.345 e. The second-order valence-electron chi connectivity index (χ2n) is 4.88. The third kappa shape index (κ3) is 4.48. The molecule has 0 aliphatic carbocycles. The zero-order chi connectivity index (χ0) is 18.4. The molecule has 25 heavy (non-hydrogen) atoms. The van der Waals surface area contributed by atoms with Crippen LogP contribution in [0.5, 0.6) is 11.5 Å². The van der Waals surface area contributed by atoms with Crippen molar-refractivity contribution in [3.05, 3.63) is 62.1 Å². The Morgan fingerprint density at radius 2 is 1.96 bits per heavy atom. The van der Waals surface area contributed by atoms with E-state index in [0.717, 1.165) is 16.1 Å². The highest BCUT2D eigenvalue weighted by atomic mass is 79.9. The first kappa shape index (κ1) is 18.7. The summed E-state index contributed by atoms with van der Waals surface area (Å²) in [6, 6.07) is 9.65. The average Bonchev–Trinajstić information content (AvgIpc) is 2.60. The van der Waals surface area contributed by atoms with E-state index in [9.17, 15) is 14.9 Å². The Balaban J connectivity index is 2.32. The van der Waals surface area contributed by atoms with Gasteiger partial charge in [-0.05, 0) is 13.0 Å². The number of esters is 1. The van der Waals surface area contributed by atoms with Gasteiger partial charge in [-0.1, -0.05) is 34.1 Å². The van der Waals surface area contributed by atoms with Crippen molar-refractivity contribution in [2.45, 2.75) is 13.5 Å². The van der Waals surface area contributed by atoms with Crippen LogP contribution >= 0.6 is 15.9 Å². The van der Waals surface area contributed by atoms with E-state index < -0.39 is 16.6 Å². The molecule has 0 fully saturated rings. The van der Waals surface area contributed by atoms with E-state index >= 15 is 0 Å². The molecule has 0 radical (unpaired) electrons. The largest absolute Gasteiger partial charge is 0.493 e. The molecular weight excluding hydrogens is 394 g/mol. The molecule has 132 valence electrons. The van der Waals surface area contributed by atoms with Gasteiger partial charge < -0.3 is 14.2 Å². The Kier molecular flexibility index (Phi) is 6.35. The number of hydrogen-bond acceptors (Lipinski definition) is 6. The lowest BCUT2D eigenvalue weighted by Crippen LogP contribution is -2.10. The first-order chi connectivity index (χ1) is 12.0. The van der Waals surface area contributed by atoms with E-state index in [1.165, 1.54) is 13.2 Å². The standard InChI is InChI=1S/C17H16BrNO6/c1-3-24-16-8-12(14(19(21)22)9-15(16)23-2)17(20)25-10-11-6-4-5-7-13(11)18/h4-9H,3,10H2,1-2H3. The lowest BCUT2D eigenvalue weighted by atomic mass is 10.1. The van der Waals surface area contributed by atoms with Gasteiger partial charge in [0, 0.05) is 16.1 Å². The molecule has 0 saturated heterocycles. The van der Waals surface area contributed by atoms with Crippen molar-refractivity contribution in [2.75, 3.05) is 13.7 Å². The second-order valence-corrected chi connectivity index (χ2v) is 5.73. The molecule has 0 N–H and O–H groups in total. The fourth-order valence-electron chi connectivity index (χ4n) is 2.13. The van der Waals surface area contributed by atoms with Crippen LogP contribution in [0, 0.1) is 10.1 Å². The van der Waals surface area contributed by atoms with Crippen LogP contribution in [-0.4, -0.2) is 24.6 Å². The average molecular weight is 410 g/mol. The number of nitro benzene ring substituents is 1. The summed E-state index contributed by atoms with van der Waals surface area (Å²) in [5, 5.41) is 11.3. The van der Waals surface area contributed by atoms with Gasteiger partial charge in [-0.3, -0.25) is 10.1 Å². The molecule has 0 aromatic heterocycles. The van der Waals surface area contributed by atoms with Crippen LogP contribution in [0.1, 0.15) is 22.8 Å². The van der Waals surface area contributed by atoms with E-state index in [4.69, 9.17) is 14.2 Å². The van der Waals surface area contributed by atoms with E-state index in [-0.39, 0.29) is 23.7 Å². The third-order valence-electron chi connectivity index (χ3n) is 3.32. The number of rotatable bonds is 7. The van der Waals surface area contributed by atoms with Crippen LogP contribution in [0.3, 0.4) is 0 Å². The van der Waals surface area contributed by atoms with Gasteiger partial charge in [0.15, 0.2) is 11.5 Å². The minimum absolute atomic E-state index is 0.0204. The van der Waals surface area contributed by atoms with E-state index in [2.05, 4.69) is 15.9 Å². The van der Waals surface area contributed by atoms with Crippen LogP contribution in [0.25, 0.3) is 0 Å². The molecular formula is C17H16BrNO6. The van der Waals surface area contributed by atoms with Crippen LogP contribution in [0.4, 0.5) is 5.69 Å². The quantitative estimate of drug-likeness (QED) is 0.388. The highest BCUT2D eigenvalue weighted by Gasteiger charge is 2.26. The number of carbonyl (C=O) groups is 1. The first-order valence-electron chi connectivity index (χ1n) is 7.37. The number of benzene rings is 2. The highest BCUT2D eigenvalue weighted by molar-refractivity contribution is 9.10. The van der Waals surface area contributed by atoms with E-state index in [1.807, 2.05) is 12.1 Å². The van der Waals surface area contributed by atoms with Crippen LogP contribution in [0.15, 0.2) is 40.9 Å². The zero-order valence-corrected chi connectivity index (χ0v) is 15.2. The molecule has 0 aliphatic rings. The van der Waals surface area contributed by atoms with Crippen molar-refractivity contribution in [3.8, 4) is 11.5 Å². The maximum Gasteiger partial charge on any atom is 0.345 e. The predicted octanol–water partition coefficient (Wildman–Crippen LogP) is 4.12. The summed E-state index contributed by atoms with van der Waals surface area (Å²) in [5.41, 5.74) is 0.149. The van der Waals surface area contributed by atoms with Crippen LogP contribution in [-0.2, 0) is 11.3 Å². The second kappa shape index (κ2) is 8.48. The predicted molar refractivity (Wildman–Crippen MR) is 94.1 cm³/mol. The van der Waals surface area contributed by atoms with Gasteiger partial charge in [0.2, 0.25) is 0 Å². The van der Waals surface area contributed by atoms with Crippen molar-refractivity contribution in [1.29, 1.82) is 0 Å². The number of nitrogens with zero attached hydrogens (tertiary/aromatic N) is 1. The minimum atomic E-state index is -0.814. The van der Waals surface area contributed by atoms with Crippen molar-refractivity contribution >= 4 is 27.6 Å². The van der Waals surface area contributed by atoms with Crippen molar-refractivity contribution in [1.82, 2.24) is 0 Å². The summed E-state index contributed by atoms with van der Waals surface area (Å²) in [7, 11) is 1.37. The van der Waals surface area contributed by atoms with Gasteiger partial charge in [-0.15, -0.1) is 0 Å². The number of nitro groups is 1. The fraction of sp³-hybridized carbons (Fsp3) is 0.235. The van der Waals surface area contributed by atoms with Gasteiger partial charge in [0.1, 0.15) is 12.2 Å². The Morgan fingerprint density at radius 1 is 1.24 bits per heavy atom.